The Morgan fingerprint density at radius 3 is 2.58 bits per heavy atom. The number of aliphatic hydroxyl groups is 1. The quantitative estimate of drug-likeness (QED) is 0.204. The zero-order valence-electron chi connectivity index (χ0n) is 22.8. The van der Waals surface area contributed by atoms with E-state index in [1.807, 2.05) is 32.1 Å². The molecule has 0 fully saturated rings. The van der Waals surface area contributed by atoms with Crippen LogP contribution in [-0.2, 0) is 9.59 Å². The molecule has 1 heterocycles. The minimum Gasteiger partial charge on any atom is -0.480 e. The van der Waals surface area contributed by atoms with E-state index in [4.69, 9.17) is 0 Å². The maximum absolute atomic E-state index is 13.4. The summed E-state index contributed by atoms with van der Waals surface area (Å²) < 4.78 is 0. The Kier molecular flexibility index (Phi) is 7.61. The molecule has 1 aliphatic heterocycles. The van der Waals surface area contributed by atoms with Crippen LogP contribution in [0, 0.1) is 5.92 Å². The number of carboxylic acid groups (broad SMARTS) is 1. The predicted octanol–water partition coefficient (Wildman–Crippen LogP) is 3.53. The van der Waals surface area contributed by atoms with Crippen molar-refractivity contribution >= 4 is 34.5 Å². The van der Waals surface area contributed by atoms with Crippen LogP contribution in [0.1, 0.15) is 73.1 Å². The fraction of sp³-hybridized carbons (Fsp3) is 0.419. The molecule has 0 saturated heterocycles. The fourth-order valence-electron chi connectivity index (χ4n) is 6.11. The lowest BCUT2D eigenvalue weighted by molar-refractivity contribution is -0.140. The molecule has 2 aromatic carbocycles. The Morgan fingerprint density at radius 2 is 1.82 bits per heavy atom. The topological polar surface area (TPSA) is 136 Å². The van der Waals surface area contributed by atoms with Gasteiger partial charge in [-0.2, -0.15) is 0 Å². The number of benzene rings is 2. The third kappa shape index (κ3) is 5.19. The number of hydrogen-bond acceptors (Lipinski definition) is 6. The summed E-state index contributed by atoms with van der Waals surface area (Å²) >= 11 is 0. The van der Waals surface area contributed by atoms with Gasteiger partial charge in [0.2, 0.25) is 5.91 Å². The van der Waals surface area contributed by atoms with E-state index in [0.717, 1.165) is 40.7 Å². The van der Waals surface area contributed by atoms with Crippen LogP contribution in [0.4, 0.5) is 0 Å². The number of nitrogens with zero attached hydrogens (tertiary/aromatic N) is 1. The molecule has 210 valence electrons. The highest BCUT2D eigenvalue weighted by Gasteiger charge is 2.40. The van der Waals surface area contributed by atoms with Crippen molar-refractivity contribution in [2.75, 3.05) is 6.54 Å². The van der Waals surface area contributed by atoms with Gasteiger partial charge in [-0.3, -0.25) is 29.4 Å². The zero-order valence-corrected chi connectivity index (χ0v) is 22.8. The van der Waals surface area contributed by atoms with Gasteiger partial charge in [0, 0.05) is 6.54 Å². The molecule has 0 aromatic heterocycles. The van der Waals surface area contributed by atoms with Crippen LogP contribution in [-0.4, -0.2) is 63.2 Å². The van der Waals surface area contributed by atoms with E-state index in [0.29, 0.717) is 29.4 Å². The summed E-state index contributed by atoms with van der Waals surface area (Å²) in [4.78, 5) is 53.1. The average molecular weight is 546 g/mol. The van der Waals surface area contributed by atoms with Crippen LogP contribution in [0.15, 0.2) is 59.7 Å². The molecule has 3 amide bonds. The molecule has 5 rings (SSSR count). The lowest BCUT2D eigenvalue weighted by atomic mass is 9.91. The molecule has 0 unspecified atom stereocenters. The summed E-state index contributed by atoms with van der Waals surface area (Å²) in [5.41, 5.74) is 0.999. The van der Waals surface area contributed by atoms with E-state index in [1.165, 1.54) is 0 Å². The minimum absolute atomic E-state index is 0.0556. The van der Waals surface area contributed by atoms with E-state index in [2.05, 4.69) is 10.6 Å². The molecular weight excluding hydrogens is 510 g/mol. The SMILES string of the molecule is CC(C)C[C@H](N[C@H](CCN1C(=O)c2ccc3ccccc3c2C1=O)C(=O)O)C(=O)N[C@@]1(O)C=CCC2=C1CCC2. The first-order valence-corrected chi connectivity index (χ1v) is 13.9. The van der Waals surface area contributed by atoms with Gasteiger partial charge in [-0.15, -0.1) is 0 Å². The van der Waals surface area contributed by atoms with Crippen LogP contribution in [0.25, 0.3) is 10.8 Å². The van der Waals surface area contributed by atoms with Crippen molar-refractivity contribution in [1.82, 2.24) is 15.5 Å². The zero-order chi connectivity index (χ0) is 28.6. The normalized spacial score (nSPS) is 21.6. The van der Waals surface area contributed by atoms with Crippen LogP contribution in [0.3, 0.4) is 0 Å². The molecule has 40 heavy (non-hydrogen) atoms. The highest BCUT2D eigenvalue weighted by molar-refractivity contribution is 6.26. The predicted molar refractivity (Wildman–Crippen MR) is 149 cm³/mol. The Morgan fingerprint density at radius 1 is 1.05 bits per heavy atom. The summed E-state index contributed by atoms with van der Waals surface area (Å²) in [6.45, 7) is 3.73. The van der Waals surface area contributed by atoms with Gasteiger partial charge in [-0.05, 0) is 72.9 Å². The number of fused-ring (bicyclic) bond motifs is 3. The van der Waals surface area contributed by atoms with Crippen LogP contribution in [0.5, 0.6) is 0 Å². The first kappa shape index (κ1) is 27.7. The van der Waals surface area contributed by atoms with Crippen molar-refractivity contribution in [2.24, 2.45) is 5.92 Å². The van der Waals surface area contributed by atoms with Crippen molar-refractivity contribution in [2.45, 2.75) is 70.2 Å². The molecule has 4 N–H and O–H groups in total. The van der Waals surface area contributed by atoms with Crippen LogP contribution in [0.2, 0.25) is 0 Å². The fourth-order valence-corrected chi connectivity index (χ4v) is 6.11. The number of aliphatic carboxylic acids is 1. The Bertz CT molecular complexity index is 1440. The smallest absolute Gasteiger partial charge is 0.320 e. The second kappa shape index (κ2) is 11.0. The first-order valence-electron chi connectivity index (χ1n) is 13.9. The molecule has 0 saturated carbocycles. The highest BCUT2D eigenvalue weighted by Crippen LogP contribution is 2.38. The van der Waals surface area contributed by atoms with E-state index in [1.54, 1.807) is 30.3 Å². The Hall–Kier alpha value is -3.82. The van der Waals surface area contributed by atoms with Gasteiger partial charge in [0.15, 0.2) is 5.72 Å². The van der Waals surface area contributed by atoms with E-state index in [-0.39, 0.29) is 18.9 Å². The van der Waals surface area contributed by atoms with Gasteiger partial charge in [-0.1, -0.05) is 55.8 Å². The second-order valence-corrected chi connectivity index (χ2v) is 11.3. The average Bonchev–Trinajstić information content (AvgIpc) is 3.49. The van der Waals surface area contributed by atoms with Crippen molar-refractivity contribution in [3.8, 4) is 0 Å². The number of imide groups is 1. The van der Waals surface area contributed by atoms with Crippen molar-refractivity contribution in [3.63, 3.8) is 0 Å². The summed E-state index contributed by atoms with van der Waals surface area (Å²) in [5, 5.41) is 28.5. The number of nitrogens with one attached hydrogen (secondary N) is 2. The van der Waals surface area contributed by atoms with Crippen molar-refractivity contribution < 1.29 is 29.4 Å². The molecule has 2 aliphatic carbocycles. The van der Waals surface area contributed by atoms with Gasteiger partial charge >= 0.3 is 5.97 Å². The highest BCUT2D eigenvalue weighted by atomic mass is 16.4. The Balaban J connectivity index is 1.30. The number of carbonyl (C=O) groups excluding carboxylic acids is 3. The molecule has 0 bridgehead atoms. The van der Waals surface area contributed by atoms with E-state index < -0.39 is 41.5 Å². The number of carbonyl (C=O) groups is 4. The first-order chi connectivity index (χ1) is 19.1. The standard InChI is InChI=1S/C31H35N3O6/c1-18(2)17-25(27(35)33-31(40)15-6-9-20-8-5-11-23(20)31)32-24(30(38)39)14-16-34-28(36)22-13-12-19-7-3-4-10-21(19)26(22)29(34)37/h3-4,6-7,10,12-13,15,18,24-25,32,40H,5,8-9,11,14,16-17H2,1-2H3,(H,33,35)(H,38,39)/t24-,25+,31-/m1/s1. The molecule has 9 nitrogen and oxygen atoms in total. The number of amides is 3. The van der Waals surface area contributed by atoms with Gasteiger partial charge in [0.1, 0.15) is 6.04 Å². The number of hydrogen-bond donors (Lipinski definition) is 4. The third-order valence-electron chi connectivity index (χ3n) is 8.06. The lowest BCUT2D eigenvalue weighted by Crippen LogP contribution is -2.58. The maximum Gasteiger partial charge on any atom is 0.320 e. The van der Waals surface area contributed by atoms with E-state index >= 15 is 0 Å². The van der Waals surface area contributed by atoms with Crippen LogP contribution >= 0.6 is 0 Å². The molecule has 0 radical (unpaired) electrons. The molecule has 0 spiro atoms. The van der Waals surface area contributed by atoms with Gasteiger partial charge in [0.25, 0.3) is 11.8 Å². The largest absolute Gasteiger partial charge is 0.480 e. The van der Waals surface area contributed by atoms with Gasteiger partial charge < -0.3 is 15.5 Å². The summed E-state index contributed by atoms with van der Waals surface area (Å²) in [7, 11) is 0. The van der Waals surface area contributed by atoms with E-state index in [9.17, 15) is 29.4 Å². The minimum atomic E-state index is -1.58. The molecule has 3 aliphatic rings. The number of allylic oxidation sites excluding steroid dienone is 2. The number of carboxylic acids is 1. The van der Waals surface area contributed by atoms with Crippen molar-refractivity contribution in [3.05, 3.63) is 70.8 Å². The lowest BCUT2D eigenvalue weighted by Gasteiger charge is -2.34. The van der Waals surface area contributed by atoms with Gasteiger partial charge in [-0.25, -0.2) is 0 Å². The molecule has 3 atom stereocenters. The number of rotatable bonds is 10. The van der Waals surface area contributed by atoms with Gasteiger partial charge in [0.05, 0.1) is 17.2 Å². The molecule has 9 heteroatoms. The maximum atomic E-state index is 13.4. The van der Waals surface area contributed by atoms with Crippen molar-refractivity contribution in [1.29, 1.82) is 0 Å². The summed E-state index contributed by atoms with van der Waals surface area (Å²) in [6.07, 6.45) is 6.97. The third-order valence-corrected chi connectivity index (χ3v) is 8.06. The summed E-state index contributed by atoms with van der Waals surface area (Å²) in [5.74, 6) is -2.55. The monoisotopic (exact) mass is 545 g/mol. The van der Waals surface area contributed by atoms with Crippen LogP contribution < -0.4 is 10.6 Å². The molecular formula is C31H35N3O6. The summed E-state index contributed by atoms with van der Waals surface area (Å²) in [6, 6.07) is 8.63. The molecule has 2 aromatic rings. The Labute approximate surface area is 232 Å². The second-order valence-electron chi connectivity index (χ2n) is 11.3.